The summed E-state index contributed by atoms with van der Waals surface area (Å²) in [5.74, 6) is 1.08. The van der Waals surface area contributed by atoms with Gasteiger partial charge in [0.25, 0.3) is 0 Å². The summed E-state index contributed by atoms with van der Waals surface area (Å²) < 4.78 is 52.3. The highest BCUT2D eigenvalue weighted by molar-refractivity contribution is 5.76. The number of rotatable bonds is 8. The van der Waals surface area contributed by atoms with Crippen LogP contribution in [0.1, 0.15) is 30.0 Å². The van der Waals surface area contributed by atoms with Gasteiger partial charge in [0.15, 0.2) is 0 Å². The number of aromatic hydroxyl groups is 1. The number of aromatic amines is 1. The summed E-state index contributed by atoms with van der Waals surface area (Å²) in [6.07, 6.45) is -5.15. The molecule has 172 valence electrons. The lowest BCUT2D eigenvalue weighted by Gasteiger charge is -2.16. The van der Waals surface area contributed by atoms with Crippen molar-refractivity contribution in [1.82, 2.24) is 9.97 Å². The summed E-state index contributed by atoms with van der Waals surface area (Å²) in [6, 6.07) is 17.7. The Morgan fingerprint density at radius 3 is 2.33 bits per heavy atom. The van der Waals surface area contributed by atoms with Gasteiger partial charge in [0.05, 0.1) is 11.0 Å². The third-order valence-corrected chi connectivity index (χ3v) is 4.81. The van der Waals surface area contributed by atoms with Crippen LogP contribution in [0.2, 0.25) is 0 Å². The van der Waals surface area contributed by atoms with E-state index in [0.717, 1.165) is 11.1 Å². The zero-order valence-electron chi connectivity index (χ0n) is 17.6. The lowest BCUT2D eigenvalue weighted by atomic mass is 10.1. The van der Waals surface area contributed by atoms with Crippen LogP contribution in [0.4, 0.5) is 13.2 Å². The van der Waals surface area contributed by atoms with Crippen molar-refractivity contribution in [2.45, 2.75) is 26.0 Å². The van der Waals surface area contributed by atoms with E-state index in [1.807, 2.05) is 19.1 Å². The average molecular weight is 458 g/mol. The molecule has 0 saturated carbocycles. The number of H-pyrrole nitrogens is 1. The predicted molar refractivity (Wildman–Crippen MR) is 115 cm³/mol. The number of hydrogen-bond donors (Lipinski definition) is 2. The number of fused-ring (bicyclic) bond motifs is 1. The monoisotopic (exact) mass is 458 g/mol. The molecule has 1 heterocycles. The predicted octanol–water partition coefficient (Wildman–Crippen LogP) is 5.87. The molecule has 1 atom stereocenters. The number of imidazole rings is 1. The molecule has 6 nitrogen and oxygen atoms in total. The highest BCUT2D eigenvalue weighted by atomic mass is 19.4. The van der Waals surface area contributed by atoms with Gasteiger partial charge in [-0.3, -0.25) is 0 Å². The number of hydrogen-bond acceptors (Lipinski definition) is 5. The van der Waals surface area contributed by atoms with Gasteiger partial charge < -0.3 is 24.3 Å². The molecule has 4 rings (SSSR count). The molecule has 3 aromatic carbocycles. The van der Waals surface area contributed by atoms with Crippen molar-refractivity contribution >= 4 is 11.0 Å². The van der Waals surface area contributed by atoms with Crippen molar-refractivity contribution in [3.63, 3.8) is 0 Å². The Bertz CT molecular complexity index is 1210. The van der Waals surface area contributed by atoms with Crippen LogP contribution in [0.15, 0.2) is 66.7 Å². The first-order valence-electron chi connectivity index (χ1n) is 10.2. The Hall–Kier alpha value is -3.72. The molecule has 0 aliphatic heterocycles. The third kappa shape index (κ3) is 5.75. The molecule has 9 heteroatoms. The van der Waals surface area contributed by atoms with Crippen LogP contribution in [-0.2, 0) is 11.3 Å². The summed E-state index contributed by atoms with van der Waals surface area (Å²) in [7, 11) is 0. The van der Waals surface area contributed by atoms with Crippen LogP contribution in [0.5, 0.6) is 17.2 Å². The Morgan fingerprint density at radius 1 is 0.970 bits per heavy atom. The van der Waals surface area contributed by atoms with E-state index in [-0.39, 0.29) is 18.1 Å². The SMILES string of the molecule is CCOC(c1ccc(OCc2ccc(OC(F)(F)F)cc2)cc1)c1nc2ccc(O)cc2[nH]1. The van der Waals surface area contributed by atoms with Crippen molar-refractivity contribution < 1.29 is 32.5 Å². The lowest BCUT2D eigenvalue weighted by molar-refractivity contribution is -0.274. The highest BCUT2D eigenvalue weighted by Crippen LogP contribution is 2.29. The first-order chi connectivity index (χ1) is 15.8. The van der Waals surface area contributed by atoms with E-state index >= 15 is 0 Å². The number of ether oxygens (including phenoxy) is 3. The number of aromatic nitrogens is 2. The van der Waals surface area contributed by atoms with Crippen molar-refractivity contribution in [2.75, 3.05) is 6.61 Å². The first-order valence-corrected chi connectivity index (χ1v) is 10.2. The molecule has 0 aliphatic rings. The van der Waals surface area contributed by atoms with Crippen LogP contribution in [-0.4, -0.2) is 28.0 Å². The summed E-state index contributed by atoms with van der Waals surface area (Å²) in [4.78, 5) is 7.76. The normalized spacial score (nSPS) is 12.6. The van der Waals surface area contributed by atoms with Crippen LogP contribution in [0.3, 0.4) is 0 Å². The minimum atomic E-state index is -4.72. The van der Waals surface area contributed by atoms with Crippen molar-refractivity contribution in [3.8, 4) is 17.2 Å². The van der Waals surface area contributed by atoms with Gasteiger partial charge in [-0.1, -0.05) is 24.3 Å². The van der Waals surface area contributed by atoms with E-state index in [1.54, 1.807) is 30.3 Å². The topological polar surface area (TPSA) is 76.6 Å². The van der Waals surface area contributed by atoms with Gasteiger partial charge >= 0.3 is 6.36 Å². The number of alkyl halides is 3. The maximum Gasteiger partial charge on any atom is 0.573 e. The lowest BCUT2D eigenvalue weighted by Crippen LogP contribution is -2.17. The molecule has 0 spiro atoms. The number of nitrogens with zero attached hydrogens (tertiary/aromatic N) is 1. The molecule has 0 fully saturated rings. The number of phenolic OH excluding ortho intramolecular Hbond substituents is 1. The molecule has 0 bridgehead atoms. The molecule has 2 N–H and O–H groups in total. The minimum Gasteiger partial charge on any atom is -0.508 e. The Kier molecular flexibility index (Phi) is 6.41. The van der Waals surface area contributed by atoms with E-state index < -0.39 is 12.5 Å². The van der Waals surface area contributed by atoms with Crippen LogP contribution >= 0.6 is 0 Å². The summed E-state index contributed by atoms with van der Waals surface area (Å²) in [5, 5.41) is 9.68. The molecule has 4 aromatic rings. The zero-order chi connectivity index (χ0) is 23.4. The van der Waals surface area contributed by atoms with Crippen LogP contribution in [0.25, 0.3) is 11.0 Å². The Morgan fingerprint density at radius 2 is 1.67 bits per heavy atom. The van der Waals surface area contributed by atoms with Gasteiger partial charge in [0, 0.05) is 12.7 Å². The minimum absolute atomic E-state index is 0.148. The average Bonchev–Trinajstić information content (AvgIpc) is 3.19. The smallest absolute Gasteiger partial charge is 0.508 e. The number of phenols is 1. The quantitative estimate of drug-likeness (QED) is 0.345. The maximum absolute atomic E-state index is 12.3. The van der Waals surface area contributed by atoms with E-state index in [0.29, 0.717) is 29.3 Å². The van der Waals surface area contributed by atoms with Crippen molar-refractivity contribution in [2.24, 2.45) is 0 Å². The summed E-state index contributed by atoms with van der Waals surface area (Å²) in [6.45, 7) is 2.55. The molecular weight excluding hydrogens is 437 g/mol. The molecule has 0 saturated heterocycles. The second-order valence-electron chi connectivity index (χ2n) is 7.21. The van der Waals surface area contributed by atoms with Gasteiger partial charge in [0.2, 0.25) is 0 Å². The fourth-order valence-corrected chi connectivity index (χ4v) is 3.33. The first kappa shape index (κ1) is 22.5. The van der Waals surface area contributed by atoms with Crippen molar-refractivity contribution in [3.05, 3.63) is 83.7 Å². The largest absolute Gasteiger partial charge is 0.573 e. The second kappa shape index (κ2) is 9.41. The van der Waals surface area contributed by atoms with Crippen LogP contribution in [0, 0.1) is 0 Å². The number of halogens is 3. The van der Waals surface area contributed by atoms with Gasteiger partial charge in [-0.2, -0.15) is 0 Å². The zero-order valence-corrected chi connectivity index (χ0v) is 17.6. The standard InChI is InChI=1S/C24H21F3N2O4/c1-2-31-22(23-28-20-12-7-17(30)13-21(20)29-23)16-5-10-18(11-6-16)32-14-15-3-8-19(9-4-15)33-24(25,26)27/h3-13,22,30H,2,14H2,1H3,(H,28,29). The molecule has 33 heavy (non-hydrogen) atoms. The molecule has 1 unspecified atom stereocenters. The summed E-state index contributed by atoms with van der Waals surface area (Å²) in [5.41, 5.74) is 2.99. The van der Waals surface area contributed by atoms with Gasteiger partial charge in [0.1, 0.15) is 35.8 Å². The van der Waals surface area contributed by atoms with Gasteiger partial charge in [-0.25, -0.2) is 4.98 Å². The number of nitrogens with one attached hydrogen (secondary N) is 1. The Labute approximate surface area is 187 Å². The molecule has 0 amide bonds. The second-order valence-corrected chi connectivity index (χ2v) is 7.21. The fraction of sp³-hybridized carbons (Fsp3) is 0.208. The highest BCUT2D eigenvalue weighted by Gasteiger charge is 2.30. The molecule has 1 aromatic heterocycles. The summed E-state index contributed by atoms with van der Waals surface area (Å²) >= 11 is 0. The number of benzene rings is 3. The van der Waals surface area contributed by atoms with Crippen LogP contribution < -0.4 is 9.47 Å². The maximum atomic E-state index is 12.3. The fourth-order valence-electron chi connectivity index (χ4n) is 3.33. The van der Waals surface area contributed by atoms with E-state index in [1.165, 1.54) is 24.3 Å². The Balaban J connectivity index is 1.43. The van der Waals surface area contributed by atoms with E-state index in [2.05, 4.69) is 14.7 Å². The molecular formula is C24H21F3N2O4. The third-order valence-electron chi connectivity index (χ3n) is 4.81. The van der Waals surface area contributed by atoms with Gasteiger partial charge in [-0.05, 0) is 54.4 Å². The molecule has 0 radical (unpaired) electrons. The molecule has 0 aliphatic carbocycles. The van der Waals surface area contributed by atoms with Gasteiger partial charge in [-0.15, -0.1) is 13.2 Å². The van der Waals surface area contributed by atoms with Crippen molar-refractivity contribution in [1.29, 1.82) is 0 Å². The van der Waals surface area contributed by atoms with E-state index in [9.17, 15) is 18.3 Å². The van der Waals surface area contributed by atoms with E-state index in [4.69, 9.17) is 9.47 Å².